The van der Waals surface area contributed by atoms with Crippen molar-refractivity contribution in [2.45, 2.75) is 39.2 Å². The van der Waals surface area contributed by atoms with E-state index in [1.54, 1.807) is 6.20 Å². The Morgan fingerprint density at radius 1 is 1.30 bits per heavy atom. The summed E-state index contributed by atoms with van der Waals surface area (Å²) >= 11 is 0. The van der Waals surface area contributed by atoms with Crippen molar-refractivity contribution in [1.29, 1.82) is 0 Å². The number of morpholine rings is 1. The molecule has 27 heavy (non-hydrogen) atoms. The van der Waals surface area contributed by atoms with Crippen LogP contribution in [0.25, 0.3) is 0 Å². The number of hydrogen-bond donors (Lipinski definition) is 1. The summed E-state index contributed by atoms with van der Waals surface area (Å²) in [5.41, 5.74) is 1.07. The lowest BCUT2D eigenvalue weighted by Crippen LogP contribution is -2.50. The van der Waals surface area contributed by atoms with E-state index in [0.29, 0.717) is 32.1 Å². The number of aryl methyl sites for hydroxylation is 1. The van der Waals surface area contributed by atoms with E-state index in [0.717, 1.165) is 37.9 Å². The van der Waals surface area contributed by atoms with Crippen LogP contribution in [-0.2, 0) is 14.3 Å². The molecule has 3 rings (SSSR count). The van der Waals surface area contributed by atoms with E-state index in [2.05, 4.69) is 22.1 Å². The van der Waals surface area contributed by atoms with Gasteiger partial charge in [-0.2, -0.15) is 0 Å². The van der Waals surface area contributed by atoms with Crippen LogP contribution in [0.5, 0.6) is 0 Å². The van der Waals surface area contributed by atoms with Crippen LogP contribution >= 0.6 is 0 Å². The van der Waals surface area contributed by atoms with E-state index in [1.165, 1.54) is 0 Å². The fourth-order valence-corrected chi connectivity index (χ4v) is 3.67. The van der Waals surface area contributed by atoms with Gasteiger partial charge in [-0.15, -0.1) is 0 Å². The maximum absolute atomic E-state index is 12.6. The molecule has 0 radical (unpaired) electrons. The van der Waals surface area contributed by atoms with Gasteiger partial charge in [0, 0.05) is 25.2 Å². The van der Waals surface area contributed by atoms with Crippen LogP contribution in [0.2, 0.25) is 0 Å². The lowest BCUT2D eigenvalue weighted by Gasteiger charge is -2.35. The Balaban J connectivity index is 1.43. The maximum atomic E-state index is 12.6. The molecule has 0 aliphatic carbocycles. The number of pyridine rings is 1. The molecule has 0 bridgehead atoms. The number of hydrogen-bond acceptors (Lipinski definition) is 5. The Hall–Kier alpha value is -1.99. The molecule has 0 spiro atoms. The Kier molecular flexibility index (Phi) is 6.79. The highest BCUT2D eigenvalue weighted by Crippen LogP contribution is 2.19. The summed E-state index contributed by atoms with van der Waals surface area (Å²) in [4.78, 5) is 33.3. The summed E-state index contributed by atoms with van der Waals surface area (Å²) < 4.78 is 5.64. The average Bonchev–Trinajstić information content (AvgIpc) is 2.68. The first-order valence-electron chi connectivity index (χ1n) is 9.90. The topological polar surface area (TPSA) is 74.8 Å². The van der Waals surface area contributed by atoms with Crippen LogP contribution in [0.3, 0.4) is 0 Å². The van der Waals surface area contributed by atoms with Crippen molar-refractivity contribution < 1.29 is 14.3 Å². The lowest BCUT2D eigenvalue weighted by molar-refractivity contribution is -0.140. The third-order valence-electron chi connectivity index (χ3n) is 5.43. The highest BCUT2D eigenvalue weighted by molar-refractivity contribution is 5.91. The lowest BCUT2D eigenvalue weighted by atomic mass is 9.96. The van der Waals surface area contributed by atoms with E-state index >= 15 is 0 Å². The van der Waals surface area contributed by atoms with Gasteiger partial charge in [-0.25, -0.2) is 4.98 Å². The molecule has 1 atom stereocenters. The minimum absolute atomic E-state index is 0.0217. The van der Waals surface area contributed by atoms with Gasteiger partial charge in [-0.3, -0.25) is 14.5 Å². The Labute approximate surface area is 161 Å². The van der Waals surface area contributed by atoms with Gasteiger partial charge in [0.1, 0.15) is 5.82 Å². The van der Waals surface area contributed by atoms with E-state index in [-0.39, 0.29) is 23.8 Å². The molecule has 2 aliphatic heterocycles. The molecule has 0 aromatic carbocycles. The number of rotatable bonds is 5. The summed E-state index contributed by atoms with van der Waals surface area (Å²) in [6, 6.07) is 3.78. The van der Waals surface area contributed by atoms with Gasteiger partial charge in [-0.1, -0.05) is 6.92 Å². The molecule has 2 fully saturated rings. The zero-order valence-corrected chi connectivity index (χ0v) is 16.3. The Bertz CT molecular complexity index is 658. The smallest absolute Gasteiger partial charge is 0.236 e. The van der Waals surface area contributed by atoms with Crippen molar-refractivity contribution in [1.82, 2.24) is 14.8 Å². The first kappa shape index (κ1) is 19.8. The van der Waals surface area contributed by atoms with Crippen molar-refractivity contribution in [2.75, 3.05) is 44.6 Å². The van der Waals surface area contributed by atoms with Crippen molar-refractivity contribution >= 4 is 17.6 Å². The highest BCUT2D eigenvalue weighted by Gasteiger charge is 2.28. The van der Waals surface area contributed by atoms with Crippen molar-refractivity contribution in [3.05, 3.63) is 23.9 Å². The second-order valence-electron chi connectivity index (χ2n) is 7.50. The second-order valence-corrected chi connectivity index (χ2v) is 7.50. The summed E-state index contributed by atoms with van der Waals surface area (Å²) in [6.45, 7) is 8.03. The van der Waals surface area contributed by atoms with Gasteiger partial charge in [-0.05, 0) is 57.0 Å². The van der Waals surface area contributed by atoms with E-state index in [1.807, 2.05) is 24.0 Å². The van der Waals surface area contributed by atoms with Crippen LogP contribution < -0.4 is 5.32 Å². The van der Waals surface area contributed by atoms with Crippen LogP contribution in [-0.4, -0.2) is 72.0 Å². The van der Waals surface area contributed by atoms with E-state index in [4.69, 9.17) is 4.74 Å². The summed E-state index contributed by atoms with van der Waals surface area (Å²) in [6.07, 6.45) is 4.33. The number of nitrogens with one attached hydrogen (secondary N) is 1. The zero-order valence-electron chi connectivity index (χ0n) is 16.3. The standard InChI is InChI=1S/C20H30N4O3/c1-3-17-13-24(10-11-27-17)19(25)14-23-8-5-16(6-9-23)20(26)22-18-12-15(2)4-7-21-18/h4,7,12,16-17H,3,5-6,8-11,13-14H2,1-2H3,(H,21,22,26). The molecule has 2 aliphatic rings. The molecule has 0 saturated carbocycles. The number of likely N-dealkylation sites (tertiary alicyclic amines) is 1. The number of ether oxygens (including phenoxy) is 1. The van der Waals surface area contributed by atoms with E-state index < -0.39 is 0 Å². The quantitative estimate of drug-likeness (QED) is 0.849. The number of carbonyl (C=O) groups excluding carboxylic acids is 2. The van der Waals surface area contributed by atoms with Crippen molar-refractivity contribution in [3.63, 3.8) is 0 Å². The molecule has 2 saturated heterocycles. The molecule has 148 valence electrons. The molecule has 2 amide bonds. The summed E-state index contributed by atoms with van der Waals surface area (Å²) in [5.74, 6) is 0.781. The molecular formula is C20H30N4O3. The maximum Gasteiger partial charge on any atom is 0.236 e. The second kappa shape index (κ2) is 9.28. The van der Waals surface area contributed by atoms with Gasteiger partial charge >= 0.3 is 0 Å². The fourth-order valence-electron chi connectivity index (χ4n) is 3.67. The predicted molar refractivity (Wildman–Crippen MR) is 103 cm³/mol. The van der Waals surface area contributed by atoms with Crippen LogP contribution in [0, 0.1) is 12.8 Å². The molecule has 7 nitrogen and oxygen atoms in total. The zero-order chi connectivity index (χ0) is 19.2. The van der Waals surface area contributed by atoms with Crippen LogP contribution in [0.15, 0.2) is 18.3 Å². The molecule has 1 unspecified atom stereocenters. The Morgan fingerprint density at radius 2 is 2.07 bits per heavy atom. The number of amides is 2. The molecule has 3 heterocycles. The third kappa shape index (κ3) is 5.49. The van der Waals surface area contributed by atoms with Crippen molar-refractivity contribution in [2.24, 2.45) is 5.92 Å². The SMILES string of the molecule is CCC1CN(C(=O)CN2CCC(C(=O)Nc3cc(C)ccn3)CC2)CCO1. The predicted octanol–water partition coefficient (Wildman–Crippen LogP) is 1.68. The molecule has 1 aromatic rings. The fraction of sp³-hybridized carbons (Fsp3) is 0.650. The van der Waals surface area contributed by atoms with Gasteiger partial charge in [0.2, 0.25) is 11.8 Å². The number of piperidine rings is 1. The minimum Gasteiger partial charge on any atom is -0.375 e. The number of aromatic nitrogens is 1. The average molecular weight is 374 g/mol. The number of carbonyl (C=O) groups is 2. The minimum atomic E-state index is -0.0217. The molecule has 1 aromatic heterocycles. The Morgan fingerprint density at radius 3 is 2.78 bits per heavy atom. The van der Waals surface area contributed by atoms with Gasteiger partial charge < -0.3 is 15.0 Å². The van der Waals surface area contributed by atoms with E-state index in [9.17, 15) is 9.59 Å². The van der Waals surface area contributed by atoms with Gasteiger partial charge in [0.25, 0.3) is 0 Å². The summed E-state index contributed by atoms with van der Waals surface area (Å²) in [5, 5.41) is 2.91. The van der Waals surface area contributed by atoms with Crippen LogP contribution in [0.1, 0.15) is 31.7 Å². The summed E-state index contributed by atoms with van der Waals surface area (Å²) in [7, 11) is 0. The first-order chi connectivity index (χ1) is 13.0. The number of nitrogens with zero attached hydrogens (tertiary/aromatic N) is 3. The largest absolute Gasteiger partial charge is 0.375 e. The number of anilines is 1. The van der Waals surface area contributed by atoms with Gasteiger partial charge in [0.05, 0.1) is 19.3 Å². The highest BCUT2D eigenvalue weighted by atomic mass is 16.5. The van der Waals surface area contributed by atoms with Gasteiger partial charge in [0.15, 0.2) is 0 Å². The van der Waals surface area contributed by atoms with Crippen LogP contribution in [0.4, 0.5) is 5.82 Å². The normalized spacial score (nSPS) is 21.9. The molecule has 1 N–H and O–H groups in total. The third-order valence-corrected chi connectivity index (χ3v) is 5.43. The molecule has 7 heteroatoms. The monoisotopic (exact) mass is 374 g/mol. The van der Waals surface area contributed by atoms with Crippen molar-refractivity contribution in [3.8, 4) is 0 Å². The molecular weight excluding hydrogens is 344 g/mol. The first-order valence-corrected chi connectivity index (χ1v) is 9.90.